The Hall–Kier alpha value is -5.96. The number of allylic oxidation sites excluding steroid dienone is 2. The molecule has 0 atom stereocenters. The molecule has 0 saturated carbocycles. The number of aliphatic hydroxyl groups excluding tert-OH is 1. The van der Waals surface area contributed by atoms with Gasteiger partial charge in [-0.15, -0.1) is 0 Å². The molecule has 0 fully saturated rings. The van der Waals surface area contributed by atoms with Crippen LogP contribution in [0.25, 0.3) is 89.7 Å². The van der Waals surface area contributed by atoms with Gasteiger partial charge in [0.15, 0.2) is 5.78 Å². The van der Waals surface area contributed by atoms with Crippen molar-refractivity contribution in [2.75, 3.05) is 0 Å². The predicted octanol–water partition coefficient (Wildman–Crippen LogP) is 9.00. The van der Waals surface area contributed by atoms with E-state index in [0.717, 1.165) is 43.8 Å². The molecule has 1 N–H and O–H groups in total. The number of nitrogens with zero attached hydrogens (tertiary/aromatic N) is 8. The molecule has 10 rings (SSSR count). The van der Waals surface area contributed by atoms with Crippen molar-refractivity contribution in [1.29, 1.82) is 0 Å². The van der Waals surface area contributed by atoms with E-state index in [4.69, 9.17) is 45.0 Å². The Morgan fingerprint density at radius 3 is 1.11 bits per heavy atom. The summed E-state index contributed by atoms with van der Waals surface area (Å²) in [7, 11) is 0. The first kappa shape index (κ1) is 37.0. The molecule has 0 unspecified atom stereocenters. The maximum absolute atomic E-state index is 11.9. The van der Waals surface area contributed by atoms with E-state index in [1.165, 1.54) is 24.3 Å². The van der Waals surface area contributed by atoms with Crippen LogP contribution in [0.2, 0.25) is 0 Å². The van der Waals surface area contributed by atoms with Crippen molar-refractivity contribution in [2.45, 2.75) is 6.18 Å². The van der Waals surface area contributed by atoms with E-state index >= 15 is 0 Å². The summed E-state index contributed by atoms with van der Waals surface area (Å²) in [6.45, 7) is 0. The molecule has 56 heavy (non-hydrogen) atoms. The van der Waals surface area contributed by atoms with Gasteiger partial charge >= 0.3 is 55.6 Å². The van der Waals surface area contributed by atoms with E-state index in [0.29, 0.717) is 45.9 Å². The second kappa shape index (κ2) is 14.9. The monoisotopic (exact) mass is 881 g/mol. The van der Waals surface area contributed by atoms with Crippen molar-refractivity contribution in [3.8, 4) is 45.6 Å². The molecule has 5 heterocycles. The Kier molecular flexibility index (Phi) is 9.87. The number of hydrogen-bond acceptors (Lipinski definition) is 8. The predicted molar refractivity (Wildman–Crippen MR) is 202 cm³/mol. The molecular formula is C42H23EuF3N8O2. The van der Waals surface area contributed by atoms with E-state index in [1.54, 1.807) is 6.07 Å². The number of hydrogen-bond donors (Lipinski definition) is 1. The number of rotatable bonds is 2. The van der Waals surface area contributed by atoms with Gasteiger partial charge in [0.05, 0.1) is 23.3 Å². The van der Waals surface area contributed by atoms with Crippen molar-refractivity contribution in [3.63, 3.8) is 0 Å². The molecule has 0 spiro atoms. The van der Waals surface area contributed by atoms with Crippen molar-refractivity contribution in [2.24, 2.45) is 0 Å². The number of ketones is 1. The second-order valence-corrected chi connectivity index (χ2v) is 12.4. The zero-order valence-electron chi connectivity index (χ0n) is 28.6. The van der Waals surface area contributed by atoms with Gasteiger partial charge in [-0.2, -0.15) is 13.2 Å². The van der Waals surface area contributed by atoms with Crippen LogP contribution in [0.15, 0.2) is 139 Å². The standard InChI is InChI=1S/C32H16N8.C10H7F3O2.Eu/c1-2-10-18-17(9-1)25-33-26(18)38-28-21-13-5-6-14-22(21)30(35-28)40-32-24-16-8-7-15-23(24)31(36-32)39-29-20-12-4-3-11-19(20)27(34-29)37-25;11-10(12,13)9(15)6-8(14)7-4-2-1-3-5-7;/h1-16H;1-6,15H;/q-2;;+2/b;9-6-;. The number of aromatic nitrogens is 8. The minimum Gasteiger partial charge on any atom is -0.504 e. The molecular weight excluding hydrogens is 857 g/mol. The van der Waals surface area contributed by atoms with Gasteiger partial charge in [0.25, 0.3) is 0 Å². The van der Waals surface area contributed by atoms with E-state index in [2.05, 4.69) is 0 Å². The molecule has 10 nitrogen and oxygen atoms in total. The minimum absolute atomic E-state index is 0. The maximum Gasteiger partial charge on any atom is 2.00 e. The molecule has 0 aliphatic carbocycles. The van der Waals surface area contributed by atoms with Crippen LogP contribution in [0.4, 0.5) is 13.2 Å². The number of carbonyl (C=O) groups excluding carboxylic acids is 1. The molecule has 8 bridgehead atoms. The Morgan fingerprint density at radius 1 is 0.482 bits per heavy atom. The van der Waals surface area contributed by atoms with Crippen LogP contribution in [-0.2, 0) is 0 Å². The molecule has 271 valence electrons. The number of benzene rings is 5. The smallest absolute Gasteiger partial charge is 0.504 e. The molecule has 3 aromatic heterocycles. The number of carbonyl (C=O) groups is 1. The number of aliphatic hydroxyl groups is 1. The van der Waals surface area contributed by atoms with Crippen molar-refractivity contribution in [1.82, 2.24) is 39.9 Å². The normalized spacial score (nSPS) is 11.9. The van der Waals surface area contributed by atoms with Crippen molar-refractivity contribution in [3.05, 3.63) is 145 Å². The first-order valence-corrected chi connectivity index (χ1v) is 16.9. The third-order valence-electron chi connectivity index (χ3n) is 8.95. The third-order valence-corrected chi connectivity index (χ3v) is 8.95. The molecule has 0 amide bonds. The third kappa shape index (κ3) is 6.91. The van der Waals surface area contributed by atoms with Crippen molar-refractivity contribution >= 4 is 49.9 Å². The quantitative estimate of drug-likeness (QED) is 0.102. The first-order chi connectivity index (χ1) is 26.7. The van der Waals surface area contributed by atoms with Gasteiger partial charge in [-0.05, 0) is 21.5 Å². The second-order valence-electron chi connectivity index (χ2n) is 12.4. The summed E-state index contributed by atoms with van der Waals surface area (Å²) >= 11 is 0. The van der Waals surface area contributed by atoms with Crippen LogP contribution in [0.3, 0.4) is 0 Å². The largest absolute Gasteiger partial charge is 2.00 e. The fraction of sp³-hybridized carbons (Fsp3) is 0.0238. The fourth-order valence-electron chi connectivity index (χ4n) is 6.35. The SMILES string of the molecule is O=C(/C=C(\O)C(F)(F)F)c1ccccc1.[Eu+2].c1ccc2c(c1)-c1nc-2nc2[n-]c(nc3nc(nc4[n-]c(n1)c1ccccc41)-c1ccccc1-3)c1ccccc21. The summed E-state index contributed by atoms with van der Waals surface area (Å²) < 4.78 is 35.6. The van der Waals surface area contributed by atoms with E-state index in [1.807, 2.05) is 97.1 Å². The van der Waals surface area contributed by atoms with Gasteiger partial charge in [0.2, 0.25) is 5.76 Å². The molecule has 14 heteroatoms. The van der Waals surface area contributed by atoms with Crippen LogP contribution in [0.5, 0.6) is 0 Å². The summed E-state index contributed by atoms with van der Waals surface area (Å²) in [5.41, 5.74) is 5.87. The van der Waals surface area contributed by atoms with E-state index < -0.39 is 17.7 Å². The molecule has 2 aliphatic heterocycles. The molecule has 0 saturated heterocycles. The average Bonchev–Trinajstić information content (AvgIpc) is 3.94. The van der Waals surface area contributed by atoms with Crippen molar-refractivity contribution < 1.29 is 72.4 Å². The molecule has 1 radical (unpaired) electrons. The Bertz CT molecular complexity index is 2710. The van der Waals surface area contributed by atoms with Crippen LogP contribution >= 0.6 is 0 Å². The zero-order chi connectivity index (χ0) is 37.7. The summed E-state index contributed by atoms with van der Waals surface area (Å²) in [5, 5.41) is 12.1. The Morgan fingerprint density at radius 2 is 0.786 bits per heavy atom. The molecule has 8 aromatic rings. The summed E-state index contributed by atoms with van der Waals surface area (Å²) in [6, 6.07) is 39.2. The zero-order valence-corrected chi connectivity index (χ0v) is 31.1. The summed E-state index contributed by atoms with van der Waals surface area (Å²) in [4.78, 5) is 50.4. The van der Waals surface area contributed by atoms with Crippen LogP contribution < -0.4 is 9.97 Å². The van der Waals surface area contributed by atoms with Gasteiger partial charge in [-0.25, -0.2) is 9.97 Å². The summed E-state index contributed by atoms with van der Waals surface area (Å²) in [6.07, 6.45) is -4.72. The van der Waals surface area contributed by atoms with Gasteiger partial charge in [0.1, 0.15) is 0 Å². The average molecular weight is 881 g/mol. The number of halogens is 3. The molecule has 2 aliphatic rings. The minimum atomic E-state index is -4.88. The van der Waals surface area contributed by atoms with Crippen LogP contribution in [0.1, 0.15) is 10.4 Å². The maximum atomic E-state index is 11.9. The van der Waals surface area contributed by atoms with E-state index in [9.17, 15) is 18.0 Å². The van der Waals surface area contributed by atoms with E-state index in [-0.39, 0.29) is 61.0 Å². The molecule has 5 aromatic carbocycles. The number of alkyl halides is 3. The van der Waals surface area contributed by atoms with Crippen LogP contribution in [-0.4, -0.2) is 47.0 Å². The Balaban J connectivity index is 0.000000236. The topological polar surface area (TPSA) is 143 Å². The fourth-order valence-corrected chi connectivity index (χ4v) is 6.35. The van der Waals surface area contributed by atoms with Gasteiger partial charge < -0.3 is 35.0 Å². The first-order valence-electron chi connectivity index (χ1n) is 16.9. The van der Waals surface area contributed by atoms with Gasteiger partial charge in [-0.1, -0.05) is 127 Å². The summed E-state index contributed by atoms with van der Waals surface area (Å²) in [5.74, 6) is -0.568. The van der Waals surface area contributed by atoms with Crippen LogP contribution in [0, 0.1) is 49.4 Å². The van der Waals surface area contributed by atoms with Gasteiger partial charge in [0, 0.05) is 56.5 Å². The Labute approximate surface area is 355 Å². The van der Waals surface area contributed by atoms with Gasteiger partial charge in [-0.3, -0.25) is 4.79 Å². The number of fused-ring (bicyclic) bond motifs is 20.